The molecule has 1 saturated heterocycles. The molecular weight excluding hydrogens is 234 g/mol. The van der Waals surface area contributed by atoms with Crippen molar-refractivity contribution < 1.29 is 0 Å². The first kappa shape index (κ1) is 14.3. The van der Waals surface area contributed by atoms with Crippen LogP contribution in [0.15, 0.2) is 18.3 Å². The number of anilines is 1. The van der Waals surface area contributed by atoms with E-state index >= 15 is 0 Å². The third kappa shape index (κ3) is 3.27. The minimum absolute atomic E-state index is 0.379. The molecule has 0 bridgehead atoms. The molecule has 3 atom stereocenters. The van der Waals surface area contributed by atoms with E-state index in [2.05, 4.69) is 55.0 Å². The van der Waals surface area contributed by atoms with E-state index in [0.717, 1.165) is 24.8 Å². The highest BCUT2D eigenvalue weighted by atomic mass is 15.2. The molecule has 1 aromatic rings. The predicted octanol–water partition coefficient (Wildman–Crippen LogP) is 3.38. The molecular formula is C16H27N3. The summed E-state index contributed by atoms with van der Waals surface area (Å²) in [5.74, 6) is 1.89. The molecule has 0 amide bonds. The van der Waals surface area contributed by atoms with E-state index in [0.29, 0.717) is 12.1 Å². The molecule has 3 nitrogen and oxygen atoms in total. The molecule has 106 valence electrons. The van der Waals surface area contributed by atoms with Crippen LogP contribution in [0.25, 0.3) is 0 Å². The van der Waals surface area contributed by atoms with Gasteiger partial charge < -0.3 is 10.2 Å². The van der Waals surface area contributed by atoms with Crippen molar-refractivity contribution in [3.8, 4) is 0 Å². The van der Waals surface area contributed by atoms with E-state index in [9.17, 15) is 0 Å². The Balaban J connectivity index is 2.09. The second kappa shape index (κ2) is 6.38. The largest absolute Gasteiger partial charge is 0.354 e. The average Bonchev–Trinajstić information content (AvgIpc) is 2.42. The number of nitrogens with one attached hydrogen (secondary N) is 1. The molecule has 1 N–H and O–H groups in total. The lowest BCUT2D eigenvalue weighted by molar-refractivity contribution is 0.361. The lowest BCUT2D eigenvalue weighted by Gasteiger charge is -2.38. The van der Waals surface area contributed by atoms with Crippen molar-refractivity contribution in [2.45, 2.75) is 52.6 Å². The van der Waals surface area contributed by atoms with Gasteiger partial charge in [-0.3, -0.25) is 0 Å². The summed E-state index contributed by atoms with van der Waals surface area (Å²) in [7, 11) is 0. The van der Waals surface area contributed by atoms with Crippen LogP contribution in [0.4, 0.5) is 5.82 Å². The first-order chi connectivity index (χ1) is 9.13. The van der Waals surface area contributed by atoms with Gasteiger partial charge in [0.2, 0.25) is 0 Å². The number of aromatic nitrogens is 1. The molecule has 0 aromatic carbocycles. The summed E-state index contributed by atoms with van der Waals surface area (Å²) >= 11 is 0. The van der Waals surface area contributed by atoms with E-state index in [-0.39, 0.29) is 0 Å². The van der Waals surface area contributed by atoms with E-state index in [1.54, 1.807) is 0 Å². The fraction of sp³-hybridized carbons (Fsp3) is 0.688. The van der Waals surface area contributed by atoms with Crippen molar-refractivity contribution in [3.63, 3.8) is 0 Å². The van der Waals surface area contributed by atoms with Crippen LogP contribution in [0.1, 0.15) is 52.1 Å². The van der Waals surface area contributed by atoms with Crippen molar-refractivity contribution in [1.82, 2.24) is 10.3 Å². The van der Waals surface area contributed by atoms with Crippen molar-refractivity contribution in [2.75, 3.05) is 18.0 Å². The number of hydrogen-bond acceptors (Lipinski definition) is 3. The van der Waals surface area contributed by atoms with Gasteiger partial charge in [0.25, 0.3) is 0 Å². The average molecular weight is 261 g/mol. The Morgan fingerprint density at radius 3 is 2.84 bits per heavy atom. The lowest BCUT2D eigenvalue weighted by Crippen LogP contribution is -2.42. The van der Waals surface area contributed by atoms with Crippen LogP contribution in [-0.2, 0) is 0 Å². The zero-order chi connectivity index (χ0) is 13.8. The van der Waals surface area contributed by atoms with Crippen LogP contribution < -0.4 is 10.2 Å². The maximum Gasteiger partial charge on any atom is 0.128 e. The van der Waals surface area contributed by atoms with Gasteiger partial charge in [-0.05, 0) is 50.8 Å². The van der Waals surface area contributed by atoms with Gasteiger partial charge in [0.1, 0.15) is 5.82 Å². The first-order valence-corrected chi connectivity index (χ1v) is 7.59. The molecule has 3 unspecified atom stereocenters. The predicted molar refractivity (Wildman–Crippen MR) is 81.5 cm³/mol. The third-order valence-electron chi connectivity index (χ3n) is 4.45. The summed E-state index contributed by atoms with van der Waals surface area (Å²) in [6.07, 6.45) is 4.64. The summed E-state index contributed by atoms with van der Waals surface area (Å²) in [6.45, 7) is 11.1. The molecule has 19 heavy (non-hydrogen) atoms. The SMILES string of the molecule is CCNC(C)c1ccc(N2CCCC(C)C2C)nc1. The van der Waals surface area contributed by atoms with Gasteiger partial charge in [-0.2, -0.15) is 0 Å². The second-order valence-corrected chi connectivity index (χ2v) is 5.78. The summed E-state index contributed by atoms with van der Waals surface area (Å²) < 4.78 is 0. The molecule has 1 aromatic heterocycles. The highest BCUT2D eigenvalue weighted by Gasteiger charge is 2.25. The van der Waals surface area contributed by atoms with Crippen molar-refractivity contribution in [2.24, 2.45) is 5.92 Å². The molecule has 2 heterocycles. The van der Waals surface area contributed by atoms with Crippen LogP contribution in [0.5, 0.6) is 0 Å². The molecule has 0 aliphatic carbocycles. The van der Waals surface area contributed by atoms with Gasteiger partial charge in [0.05, 0.1) is 0 Å². The number of rotatable bonds is 4. The molecule has 3 heteroatoms. The summed E-state index contributed by atoms with van der Waals surface area (Å²) in [5, 5.41) is 3.42. The van der Waals surface area contributed by atoms with Gasteiger partial charge in [-0.25, -0.2) is 4.98 Å². The van der Waals surface area contributed by atoms with E-state index in [1.165, 1.54) is 18.4 Å². The molecule has 1 aliphatic heterocycles. The zero-order valence-corrected chi connectivity index (χ0v) is 12.7. The molecule has 0 radical (unpaired) electrons. The summed E-state index contributed by atoms with van der Waals surface area (Å²) in [6, 6.07) is 5.36. The lowest BCUT2D eigenvalue weighted by atomic mass is 9.92. The van der Waals surface area contributed by atoms with Crippen molar-refractivity contribution in [1.29, 1.82) is 0 Å². The highest BCUT2D eigenvalue weighted by Crippen LogP contribution is 2.27. The van der Waals surface area contributed by atoms with Gasteiger partial charge in [0.15, 0.2) is 0 Å². The van der Waals surface area contributed by atoms with Gasteiger partial charge in [-0.1, -0.05) is 19.9 Å². The molecule has 1 aliphatic rings. The van der Waals surface area contributed by atoms with Crippen LogP contribution in [0.2, 0.25) is 0 Å². The van der Waals surface area contributed by atoms with E-state index < -0.39 is 0 Å². The smallest absolute Gasteiger partial charge is 0.128 e. The fourth-order valence-electron chi connectivity index (χ4n) is 2.91. The Bertz CT molecular complexity index is 387. The Hall–Kier alpha value is -1.09. The molecule has 0 spiro atoms. The number of nitrogens with zero attached hydrogens (tertiary/aromatic N) is 2. The van der Waals surface area contributed by atoms with E-state index in [4.69, 9.17) is 0 Å². The van der Waals surface area contributed by atoms with E-state index in [1.807, 2.05) is 6.20 Å². The normalized spacial score (nSPS) is 25.4. The van der Waals surface area contributed by atoms with Gasteiger partial charge in [0, 0.05) is 24.8 Å². The van der Waals surface area contributed by atoms with Crippen molar-refractivity contribution >= 4 is 5.82 Å². The second-order valence-electron chi connectivity index (χ2n) is 5.78. The molecule has 0 saturated carbocycles. The number of piperidine rings is 1. The van der Waals surface area contributed by atoms with Crippen LogP contribution in [0.3, 0.4) is 0 Å². The van der Waals surface area contributed by atoms with Gasteiger partial charge >= 0.3 is 0 Å². The Morgan fingerprint density at radius 2 is 2.21 bits per heavy atom. The molecule has 2 rings (SSSR count). The topological polar surface area (TPSA) is 28.2 Å². The Kier molecular flexibility index (Phi) is 4.81. The number of pyridine rings is 1. The maximum absolute atomic E-state index is 4.68. The Morgan fingerprint density at radius 1 is 1.42 bits per heavy atom. The quantitative estimate of drug-likeness (QED) is 0.900. The number of hydrogen-bond donors (Lipinski definition) is 1. The monoisotopic (exact) mass is 261 g/mol. The van der Waals surface area contributed by atoms with Crippen LogP contribution in [-0.4, -0.2) is 24.1 Å². The first-order valence-electron chi connectivity index (χ1n) is 7.59. The van der Waals surface area contributed by atoms with Crippen LogP contribution in [0, 0.1) is 5.92 Å². The van der Waals surface area contributed by atoms with Crippen molar-refractivity contribution in [3.05, 3.63) is 23.9 Å². The highest BCUT2D eigenvalue weighted by molar-refractivity contribution is 5.41. The fourth-order valence-corrected chi connectivity index (χ4v) is 2.91. The molecule has 1 fully saturated rings. The van der Waals surface area contributed by atoms with Crippen LogP contribution >= 0.6 is 0 Å². The summed E-state index contributed by atoms with van der Waals surface area (Å²) in [5.41, 5.74) is 1.27. The van der Waals surface area contributed by atoms with Gasteiger partial charge in [-0.15, -0.1) is 0 Å². The maximum atomic E-state index is 4.68. The third-order valence-corrected chi connectivity index (χ3v) is 4.45. The minimum Gasteiger partial charge on any atom is -0.354 e. The minimum atomic E-state index is 0.379. The standard InChI is InChI=1S/C16H27N3/c1-5-17-13(3)15-8-9-16(18-11-15)19-10-6-7-12(2)14(19)4/h8-9,11-14,17H,5-7,10H2,1-4H3. The zero-order valence-electron chi connectivity index (χ0n) is 12.7. The Labute approximate surface area is 117 Å². The summed E-state index contributed by atoms with van der Waals surface area (Å²) in [4.78, 5) is 7.13.